The summed E-state index contributed by atoms with van der Waals surface area (Å²) in [5, 5.41) is 0. The molecule has 0 aliphatic heterocycles. The van der Waals surface area contributed by atoms with E-state index in [1.54, 1.807) is 5.94 Å². The number of carbonyl (C=O) groups excluding carboxylic acids is 1. The second-order valence-electron chi connectivity index (χ2n) is 1.08. The largest absolute Gasteiger partial charge is 0.490 e. The van der Waals surface area contributed by atoms with Crippen LogP contribution in [-0.4, -0.2) is 13.1 Å². The summed E-state index contributed by atoms with van der Waals surface area (Å²) in [6.07, 6.45) is 0.625. The summed E-state index contributed by atoms with van der Waals surface area (Å²) < 4.78 is 4.54. The molecule has 0 bridgehead atoms. The molecule has 40 valence electrons. The van der Waals surface area contributed by atoms with Crippen LogP contribution in [0.15, 0.2) is 5.76 Å². The van der Waals surface area contributed by atoms with Crippen LogP contribution < -0.4 is 0 Å². The van der Waals surface area contributed by atoms with Crippen molar-refractivity contribution in [3.05, 3.63) is 5.76 Å². The fraction of sp³-hybridized carbons (Fsp3) is 0.600. The average molecular weight is 100 g/mol. The highest BCUT2D eigenvalue weighted by atomic mass is 16.5. The molecule has 0 aromatic carbocycles. The first-order valence-electron chi connectivity index (χ1n) is 2.13. The number of ether oxygens (including phenoxy) is 1. The molecule has 2 heteroatoms. The van der Waals surface area contributed by atoms with Gasteiger partial charge in [-0.25, -0.2) is 4.79 Å². The summed E-state index contributed by atoms with van der Waals surface area (Å²) in [5.41, 5.74) is 0. The lowest BCUT2D eigenvalue weighted by Gasteiger charge is -1.91. The van der Waals surface area contributed by atoms with E-state index >= 15 is 0 Å². The molecule has 0 aromatic heterocycles. The normalized spacial score (nSPS) is 7.14. The molecule has 7 heavy (non-hydrogen) atoms. The quantitative estimate of drug-likeness (QED) is 0.378. The number of rotatable bonds is 2. The first kappa shape index (κ1) is 6.25. The van der Waals surface area contributed by atoms with E-state index in [0.717, 1.165) is 0 Å². The Bertz CT molecular complexity index is 84.3. The molecular formula is C5H8O2. The average Bonchev–Trinajstić information content (AvgIpc) is 1.72. The fourth-order valence-corrected chi connectivity index (χ4v) is 0.258. The van der Waals surface area contributed by atoms with Crippen molar-refractivity contribution in [2.45, 2.75) is 13.3 Å². The standard InChI is InChI=1S/C5H8O2/c1-3-5(4-6)7-2/h3H2,1-2H3. The molecule has 0 N–H and O–H groups in total. The molecule has 0 saturated heterocycles. The van der Waals surface area contributed by atoms with E-state index < -0.39 is 0 Å². The van der Waals surface area contributed by atoms with Crippen molar-refractivity contribution < 1.29 is 9.53 Å². The lowest BCUT2D eigenvalue weighted by molar-refractivity contribution is 0.284. The van der Waals surface area contributed by atoms with Gasteiger partial charge in [0, 0.05) is 6.42 Å². The number of methoxy groups -OCH3 is 1. The number of allylic oxidation sites excluding steroid dienone is 1. The Morgan fingerprint density at radius 3 is 2.43 bits per heavy atom. The molecule has 0 aliphatic rings. The molecule has 0 radical (unpaired) electrons. The Balaban J connectivity index is 3.61. The maximum atomic E-state index is 9.68. The first-order chi connectivity index (χ1) is 3.35. The summed E-state index contributed by atoms with van der Waals surface area (Å²) in [5.74, 6) is 2.02. The van der Waals surface area contributed by atoms with Crippen LogP contribution in [0, 0.1) is 0 Å². The van der Waals surface area contributed by atoms with E-state index in [2.05, 4.69) is 4.74 Å². The summed E-state index contributed by atoms with van der Waals surface area (Å²) in [7, 11) is 1.46. The van der Waals surface area contributed by atoms with Crippen molar-refractivity contribution >= 4 is 5.94 Å². The molecular weight excluding hydrogens is 92.1 g/mol. The molecule has 0 unspecified atom stereocenters. The molecule has 2 nitrogen and oxygen atoms in total. The highest BCUT2D eigenvalue weighted by molar-refractivity contribution is 5.48. The van der Waals surface area contributed by atoms with Crippen molar-refractivity contribution in [1.29, 1.82) is 0 Å². The van der Waals surface area contributed by atoms with Crippen LogP contribution in [0.3, 0.4) is 0 Å². The van der Waals surface area contributed by atoms with Gasteiger partial charge < -0.3 is 4.74 Å². The molecule has 0 fully saturated rings. The van der Waals surface area contributed by atoms with Crippen molar-refractivity contribution in [2.24, 2.45) is 0 Å². The topological polar surface area (TPSA) is 26.3 Å². The Morgan fingerprint density at radius 2 is 2.43 bits per heavy atom. The van der Waals surface area contributed by atoms with E-state index in [4.69, 9.17) is 0 Å². The van der Waals surface area contributed by atoms with Crippen LogP contribution >= 0.6 is 0 Å². The van der Waals surface area contributed by atoms with Crippen LogP contribution in [0.1, 0.15) is 13.3 Å². The molecule has 0 rings (SSSR count). The molecule has 0 amide bonds. The van der Waals surface area contributed by atoms with E-state index in [9.17, 15) is 4.79 Å². The van der Waals surface area contributed by atoms with Crippen LogP contribution in [0.5, 0.6) is 0 Å². The lowest BCUT2D eigenvalue weighted by atomic mass is 10.4. The third kappa shape index (κ3) is 2.01. The zero-order valence-corrected chi connectivity index (χ0v) is 4.52. The molecule has 0 aliphatic carbocycles. The minimum atomic E-state index is 0.375. The van der Waals surface area contributed by atoms with E-state index in [1.807, 2.05) is 6.92 Å². The van der Waals surface area contributed by atoms with Crippen LogP contribution in [0.4, 0.5) is 0 Å². The van der Waals surface area contributed by atoms with Crippen molar-refractivity contribution in [2.75, 3.05) is 7.11 Å². The van der Waals surface area contributed by atoms with Gasteiger partial charge in [-0.05, 0) is 0 Å². The van der Waals surface area contributed by atoms with Gasteiger partial charge in [-0.15, -0.1) is 0 Å². The van der Waals surface area contributed by atoms with E-state index in [1.165, 1.54) is 7.11 Å². The van der Waals surface area contributed by atoms with E-state index in [0.29, 0.717) is 12.2 Å². The third-order valence-electron chi connectivity index (χ3n) is 0.681. The zero-order chi connectivity index (χ0) is 5.70. The SMILES string of the molecule is CCC(=C=O)OC. The van der Waals surface area contributed by atoms with Gasteiger partial charge in [0.1, 0.15) is 0 Å². The Kier molecular flexibility index (Phi) is 3.07. The molecule has 0 aromatic rings. The van der Waals surface area contributed by atoms with Crippen molar-refractivity contribution in [3.8, 4) is 0 Å². The second kappa shape index (κ2) is 3.44. The van der Waals surface area contributed by atoms with Crippen LogP contribution in [-0.2, 0) is 9.53 Å². The Labute approximate surface area is 42.8 Å². The van der Waals surface area contributed by atoms with Crippen LogP contribution in [0.25, 0.3) is 0 Å². The predicted molar refractivity (Wildman–Crippen MR) is 26.5 cm³/mol. The van der Waals surface area contributed by atoms with Crippen molar-refractivity contribution in [3.63, 3.8) is 0 Å². The molecule has 0 atom stereocenters. The highest BCUT2D eigenvalue weighted by Crippen LogP contribution is 1.91. The molecule has 0 saturated carbocycles. The van der Waals surface area contributed by atoms with Gasteiger partial charge in [0.15, 0.2) is 11.7 Å². The minimum absolute atomic E-state index is 0.375. The highest BCUT2D eigenvalue weighted by Gasteiger charge is 1.85. The van der Waals surface area contributed by atoms with Gasteiger partial charge in [-0.1, -0.05) is 6.92 Å². The maximum absolute atomic E-state index is 9.68. The van der Waals surface area contributed by atoms with Crippen LogP contribution in [0.2, 0.25) is 0 Å². The third-order valence-corrected chi connectivity index (χ3v) is 0.681. The van der Waals surface area contributed by atoms with E-state index in [-0.39, 0.29) is 0 Å². The smallest absolute Gasteiger partial charge is 0.178 e. The fourth-order valence-electron chi connectivity index (χ4n) is 0.258. The second-order valence-corrected chi connectivity index (χ2v) is 1.08. The number of hydrogen-bond acceptors (Lipinski definition) is 2. The summed E-state index contributed by atoms with van der Waals surface area (Å²) >= 11 is 0. The Morgan fingerprint density at radius 1 is 1.86 bits per heavy atom. The van der Waals surface area contributed by atoms with Gasteiger partial charge >= 0.3 is 0 Å². The first-order valence-corrected chi connectivity index (χ1v) is 2.13. The monoisotopic (exact) mass is 100 g/mol. The van der Waals surface area contributed by atoms with Gasteiger partial charge in [0.05, 0.1) is 7.11 Å². The summed E-state index contributed by atoms with van der Waals surface area (Å²) in [6.45, 7) is 1.84. The number of hydrogen-bond donors (Lipinski definition) is 0. The van der Waals surface area contributed by atoms with Gasteiger partial charge in [-0.3, -0.25) is 0 Å². The van der Waals surface area contributed by atoms with Crippen molar-refractivity contribution in [1.82, 2.24) is 0 Å². The molecule has 0 spiro atoms. The molecule has 0 heterocycles. The maximum Gasteiger partial charge on any atom is 0.178 e. The van der Waals surface area contributed by atoms with Gasteiger partial charge in [-0.2, -0.15) is 0 Å². The zero-order valence-electron chi connectivity index (χ0n) is 4.52. The Hall–Kier alpha value is -0.750. The summed E-state index contributed by atoms with van der Waals surface area (Å²) in [6, 6.07) is 0. The predicted octanol–water partition coefficient (Wildman–Crippen LogP) is 0.758. The minimum Gasteiger partial charge on any atom is -0.490 e. The summed E-state index contributed by atoms with van der Waals surface area (Å²) in [4.78, 5) is 9.68. The lowest BCUT2D eigenvalue weighted by Crippen LogP contribution is -1.82. The van der Waals surface area contributed by atoms with Gasteiger partial charge in [0.25, 0.3) is 0 Å². The van der Waals surface area contributed by atoms with Gasteiger partial charge in [0.2, 0.25) is 0 Å².